The minimum atomic E-state index is -0.655. The molecule has 0 radical (unpaired) electrons. The van der Waals surface area contributed by atoms with Crippen molar-refractivity contribution in [3.05, 3.63) is 57.5 Å². The van der Waals surface area contributed by atoms with Crippen LogP contribution in [0.2, 0.25) is 5.02 Å². The highest BCUT2D eigenvalue weighted by Gasteiger charge is 2.16. The number of aromatic nitrogens is 2. The maximum Gasteiger partial charge on any atom is 0.360 e. The summed E-state index contributed by atoms with van der Waals surface area (Å²) in [6.07, 6.45) is 0. The van der Waals surface area contributed by atoms with Crippen LogP contribution in [0.25, 0.3) is 5.69 Å². The second-order valence-electron chi connectivity index (χ2n) is 3.65. The van der Waals surface area contributed by atoms with Crippen LogP contribution in [0.1, 0.15) is 17.4 Å². The molecule has 2 aromatic rings. The van der Waals surface area contributed by atoms with Gasteiger partial charge in [-0.1, -0.05) is 29.8 Å². The molecular weight excluding hydrogens is 268 g/mol. The molecule has 1 aromatic heterocycles. The Bertz CT molecular complexity index is 653. The second-order valence-corrected chi connectivity index (χ2v) is 4.05. The Morgan fingerprint density at radius 2 is 2.05 bits per heavy atom. The van der Waals surface area contributed by atoms with Crippen LogP contribution in [0.3, 0.4) is 0 Å². The highest BCUT2D eigenvalue weighted by atomic mass is 35.5. The van der Waals surface area contributed by atoms with Gasteiger partial charge in [0.15, 0.2) is 5.69 Å². The van der Waals surface area contributed by atoms with Crippen molar-refractivity contribution in [2.24, 2.45) is 0 Å². The molecule has 0 amide bonds. The molecule has 0 unspecified atom stereocenters. The quantitative estimate of drug-likeness (QED) is 0.806. The van der Waals surface area contributed by atoms with Gasteiger partial charge < -0.3 is 4.74 Å². The lowest BCUT2D eigenvalue weighted by molar-refractivity contribution is 0.0517. The fraction of sp³-hybridized carbons (Fsp3) is 0.154. The molecule has 5 nitrogen and oxygen atoms in total. The van der Waals surface area contributed by atoms with Crippen molar-refractivity contribution in [3.8, 4) is 5.69 Å². The minimum Gasteiger partial charge on any atom is -0.461 e. The van der Waals surface area contributed by atoms with Crippen molar-refractivity contribution in [1.29, 1.82) is 0 Å². The summed E-state index contributed by atoms with van der Waals surface area (Å²) in [6, 6.07) is 9.91. The number of para-hydroxylation sites is 1. The molecule has 0 bridgehead atoms. The largest absolute Gasteiger partial charge is 0.461 e. The topological polar surface area (TPSA) is 61.2 Å². The Kier molecular flexibility index (Phi) is 3.97. The van der Waals surface area contributed by atoms with E-state index in [4.69, 9.17) is 16.3 Å². The Morgan fingerprint density at radius 1 is 1.37 bits per heavy atom. The van der Waals surface area contributed by atoms with Gasteiger partial charge in [-0.15, -0.1) is 0 Å². The number of ether oxygens (including phenoxy) is 1. The normalized spacial score (nSPS) is 10.2. The highest BCUT2D eigenvalue weighted by molar-refractivity contribution is 6.33. The van der Waals surface area contributed by atoms with Crippen molar-refractivity contribution in [1.82, 2.24) is 9.78 Å². The Hall–Kier alpha value is -2.14. The van der Waals surface area contributed by atoms with Gasteiger partial charge in [0, 0.05) is 6.07 Å². The number of nitrogens with zero attached hydrogens (tertiary/aromatic N) is 2. The summed E-state index contributed by atoms with van der Waals surface area (Å²) in [6.45, 7) is 1.89. The molecule has 0 saturated carbocycles. The first-order valence-corrected chi connectivity index (χ1v) is 6.03. The average Bonchev–Trinajstić information content (AvgIpc) is 2.40. The molecule has 0 fully saturated rings. The van der Waals surface area contributed by atoms with Gasteiger partial charge in [-0.05, 0) is 19.1 Å². The van der Waals surface area contributed by atoms with E-state index >= 15 is 0 Å². The van der Waals surface area contributed by atoms with Crippen molar-refractivity contribution in [3.63, 3.8) is 0 Å². The molecule has 98 valence electrons. The van der Waals surface area contributed by atoms with Gasteiger partial charge in [0.05, 0.1) is 17.3 Å². The summed E-state index contributed by atoms with van der Waals surface area (Å²) < 4.78 is 5.95. The van der Waals surface area contributed by atoms with E-state index in [-0.39, 0.29) is 17.3 Å². The third-order valence-corrected chi connectivity index (χ3v) is 2.64. The van der Waals surface area contributed by atoms with E-state index < -0.39 is 11.5 Å². The molecule has 19 heavy (non-hydrogen) atoms. The number of halogens is 1. The maximum absolute atomic E-state index is 11.8. The number of carbonyl (C=O) groups excluding carboxylic acids is 1. The van der Waals surface area contributed by atoms with E-state index in [1.807, 2.05) is 6.07 Å². The molecule has 0 saturated heterocycles. The van der Waals surface area contributed by atoms with Gasteiger partial charge in [0.25, 0.3) is 5.56 Å². The maximum atomic E-state index is 11.8. The fourth-order valence-electron chi connectivity index (χ4n) is 1.53. The van der Waals surface area contributed by atoms with E-state index in [2.05, 4.69) is 5.10 Å². The summed E-state index contributed by atoms with van der Waals surface area (Å²) in [5.74, 6) is -0.655. The molecule has 1 aromatic carbocycles. The molecule has 0 atom stereocenters. The van der Waals surface area contributed by atoms with Gasteiger partial charge in [-0.2, -0.15) is 9.78 Å². The van der Waals surface area contributed by atoms with Crippen LogP contribution < -0.4 is 5.56 Å². The number of hydrogen-bond donors (Lipinski definition) is 0. The summed E-state index contributed by atoms with van der Waals surface area (Å²) in [4.78, 5) is 23.5. The summed E-state index contributed by atoms with van der Waals surface area (Å²) in [5.41, 5.74) is 0.0610. The molecule has 0 N–H and O–H groups in total. The third kappa shape index (κ3) is 2.82. The van der Waals surface area contributed by atoms with Crippen LogP contribution >= 0.6 is 11.6 Å². The molecule has 0 aliphatic heterocycles. The van der Waals surface area contributed by atoms with Crippen molar-refractivity contribution < 1.29 is 9.53 Å². The smallest absolute Gasteiger partial charge is 0.360 e. The summed E-state index contributed by atoms with van der Waals surface area (Å²) >= 11 is 5.84. The standard InChI is InChI=1S/C13H11ClN2O3/c1-2-19-13(18)12-10(14)8-11(17)16(15-12)9-6-4-3-5-7-9/h3-8H,2H2,1H3. The Labute approximate surface area is 114 Å². The summed E-state index contributed by atoms with van der Waals surface area (Å²) in [5, 5.41) is 3.94. The van der Waals surface area contributed by atoms with Crippen LogP contribution in [-0.2, 0) is 4.74 Å². The van der Waals surface area contributed by atoms with Gasteiger partial charge >= 0.3 is 5.97 Å². The van der Waals surface area contributed by atoms with Crippen molar-refractivity contribution >= 4 is 17.6 Å². The fourth-order valence-corrected chi connectivity index (χ4v) is 1.74. The lowest BCUT2D eigenvalue weighted by atomic mass is 10.3. The minimum absolute atomic E-state index is 0.0179. The predicted octanol–water partition coefficient (Wildman–Crippen LogP) is 2.06. The first-order valence-electron chi connectivity index (χ1n) is 5.66. The zero-order valence-corrected chi connectivity index (χ0v) is 10.9. The number of esters is 1. The molecular formula is C13H11ClN2O3. The van der Waals surface area contributed by atoms with Crippen LogP contribution in [0.4, 0.5) is 0 Å². The predicted molar refractivity (Wildman–Crippen MR) is 70.8 cm³/mol. The second kappa shape index (κ2) is 5.67. The Balaban J connectivity index is 2.55. The van der Waals surface area contributed by atoms with E-state index in [9.17, 15) is 9.59 Å². The lowest BCUT2D eigenvalue weighted by Gasteiger charge is -2.07. The average molecular weight is 279 g/mol. The zero-order chi connectivity index (χ0) is 13.8. The van der Waals surface area contributed by atoms with E-state index in [0.29, 0.717) is 5.69 Å². The van der Waals surface area contributed by atoms with Gasteiger partial charge in [-0.3, -0.25) is 4.79 Å². The SMILES string of the molecule is CCOC(=O)c1nn(-c2ccccc2)c(=O)cc1Cl. The highest BCUT2D eigenvalue weighted by Crippen LogP contribution is 2.13. The van der Waals surface area contributed by atoms with Crippen LogP contribution in [0.5, 0.6) is 0 Å². The van der Waals surface area contributed by atoms with Crippen molar-refractivity contribution in [2.75, 3.05) is 6.61 Å². The number of benzene rings is 1. The molecule has 1 heterocycles. The van der Waals surface area contributed by atoms with Crippen molar-refractivity contribution in [2.45, 2.75) is 6.92 Å². The molecule has 0 aliphatic carbocycles. The van der Waals surface area contributed by atoms with Gasteiger partial charge in [0.2, 0.25) is 0 Å². The number of hydrogen-bond acceptors (Lipinski definition) is 4. The molecule has 0 aliphatic rings. The van der Waals surface area contributed by atoms with E-state index in [1.54, 1.807) is 31.2 Å². The molecule has 6 heteroatoms. The monoisotopic (exact) mass is 278 g/mol. The van der Waals surface area contributed by atoms with Gasteiger partial charge in [0.1, 0.15) is 0 Å². The Morgan fingerprint density at radius 3 is 2.68 bits per heavy atom. The number of carbonyl (C=O) groups is 1. The van der Waals surface area contributed by atoms with E-state index in [1.165, 1.54) is 0 Å². The number of rotatable bonds is 3. The van der Waals surface area contributed by atoms with E-state index in [0.717, 1.165) is 10.7 Å². The third-order valence-electron chi connectivity index (χ3n) is 2.35. The van der Waals surface area contributed by atoms with Gasteiger partial charge in [-0.25, -0.2) is 4.79 Å². The first kappa shape index (κ1) is 13.3. The summed E-state index contributed by atoms with van der Waals surface area (Å²) in [7, 11) is 0. The zero-order valence-electron chi connectivity index (χ0n) is 10.2. The molecule has 0 spiro atoms. The first-order chi connectivity index (χ1) is 9.13. The molecule has 2 rings (SSSR count). The van der Waals surface area contributed by atoms with Crippen LogP contribution in [0, 0.1) is 0 Å². The lowest BCUT2D eigenvalue weighted by Crippen LogP contribution is -2.24. The van der Waals surface area contributed by atoms with Crippen LogP contribution in [-0.4, -0.2) is 22.4 Å². The van der Waals surface area contributed by atoms with Crippen LogP contribution in [0.15, 0.2) is 41.2 Å².